The fourth-order valence-electron chi connectivity index (χ4n) is 1.05. The van der Waals surface area contributed by atoms with Gasteiger partial charge in [0.2, 0.25) is 0 Å². The third kappa shape index (κ3) is 1.77. The molecule has 0 N–H and O–H groups in total. The van der Waals surface area contributed by atoms with Crippen molar-refractivity contribution in [3.63, 3.8) is 0 Å². The molecule has 0 atom stereocenters. The van der Waals surface area contributed by atoms with Gasteiger partial charge >= 0.3 is 0 Å². The van der Waals surface area contributed by atoms with Crippen LogP contribution in [0.25, 0.3) is 0 Å². The van der Waals surface area contributed by atoms with Gasteiger partial charge in [-0.2, -0.15) is 0 Å². The van der Waals surface area contributed by atoms with E-state index in [1.807, 2.05) is 0 Å². The van der Waals surface area contributed by atoms with E-state index >= 15 is 0 Å². The SMILES string of the molecule is COc1nccc(C(C)=O)c1OC. The minimum absolute atomic E-state index is 0.0717. The van der Waals surface area contributed by atoms with E-state index in [-0.39, 0.29) is 5.78 Å². The minimum Gasteiger partial charge on any atom is -0.491 e. The topological polar surface area (TPSA) is 48.4 Å². The van der Waals surface area contributed by atoms with Crippen molar-refractivity contribution in [3.05, 3.63) is 17.8 Å². The highest BCUT2D eigenvalue weighted by Gasteiger charge is 2.13. The molecule has 0 aliphatic rings. The van der Waals surface area contributed by atoms with Crippen LogP contribution in [0.5, 0.6) is 11.6 Å². The molecule has 0 aromatic carbocycles. The molecule has 0 saturated heterocycles. The van der Waals surface area contributed by atoms with E-state index in [4.69, 9.17) is 9.47 Å². The molecule has 0 amide bonds. The molecule has 0 aliphatic heterocycles. The second kappa shape index (κ2) is 3.89. The van der Waals surface area contributed by atoms with Gasteiger partial charge in [0.15, 0.2) is 11.5 Å². The Morgan fingerprint density at radius 3 is 2.54 bits per heavy atom. The summed E-state index contributed by atoms with van der Waals surface area (Å²) in [6.07, 6.45) is 1.51. The molecule has 13 heavy (non-hydrogen) atoms. The molecule has 0 fully saturated rings. The van der Waals surface area contributed by atoms with Crippen LogP contribution < -0.4 is 9.47 Å². The van der Waals surface area contributed by atoms with Crippen LogP contribution >= 0.6 is 0 Å². The van der Waals surface area contributed by atoms with Gasteiger partial charge in [-0.15, -0.1) is 0 Å². The zero-order chi connectivity index (χ0) is 9.84. The number of aromatic nitrogens is 1. The van der Waals surface area contributed by atoms with Gasteiger partial charge in [0, 0.05) is 6.20 Å². The van der Waals surface area contributed by atoms with Gasteiger partial charge < -0.3 is 9.47 Å². The van der Waals surface area contributed by atoms with E-state index < -0.39 is 0 Å². The molecule has 1 rings (SSSR count). The summed E-state index contributed by atoms with van der Waals surface area (Å²) in [6.45, 7) is 1.47. The highest BCUT2D eigenvalue weighted by molar-refractivity contribution is 5.97. The van der Waals surface area contributed by atoms with Crippen LogP contribution in [0.15, 0.2) is 12.3 Å². The number of hydrogen-bond acceptors (Lipinski definition) is 4. The molecule has 1 heterocycles. The van der Waals surface area contributed by atoms with E-state index in [2.05, 4.69) is 4.98 Å². The fraction of sp³-hybridized carbons (Fsp3) is 0.333. The monoisotopic (exact) mass is 181 g/mol. The zero-order valence-corrected chi connectivity index (χ0v) is 7.83. The van der Waals surface area contributed by atoms with Gasteiger partial charge in [-0.1, -0.05) is 0 Å². The maximum absolute atomic E-state index is 11.1. The average Bonchev–Trinajstić information content (AvgIpc) is 2.16. The molecule has 0 bridgehead atoms. The third-order valence-corrected chi connectivity index (χ3v) is 1.65. The third-order valence-electron chi connectivity index (χ3n) is 1.65. The Morgan fingerprint density at radius 2 is 2.08 bits per heavy atom. The first kappa shape index (κ1) is 9.51. The smallest absolute Gasteiger partial charge is 0.257 e. The summed E-state index contributed by atoms with van der Waals surface area (Å²) in [5, 5.41) is 0. The molecule has 70 valence electrons. The van der Waals surface area contributed by atoms with Crippen molar-refractivity contribution >= 4 is 5.78 Å². The lowest BCUT2D eigenvalue weighted by Gasteiger charge is -2.08. The first-order valence-electron chi connectivity index (χ1n) is 3.78. The minimum atomic E-state index is -0.0717. The Kier molecular flexibility index (Phi) is 2.84. The number of methoxy groups -OCH3 is 2. The number of hydrogen-bond donors (Lipinski definition) is 0. The normalized spacial score (nSPS) is 9.46. The molecule has 0 unspecified atom stereocenters. The summed E-state index contributed by atoms with van der Waals surface area (Å²) in [6, 6.07) is 1.60. The van der Waals surface area contributed by atoms with Crippen LogP contribution in [0.1, 0.15) is 17.3 Å². The Bertz CT molecular complexity index is 323. The number of ether oxygens (including phenoxy) is 2. The molecule has 4 heteroatoms. The zero-order valence-electron chi connectivity index (χ0n) is 7.83. The lowest BCUT2D eigenvalue weighted by Crippen LogP contribution is -2.01. The summed E-state index contributed by atoms with van der Waals surface area (Å²) >= 11 is 0. The standard InChI is InChI=1S/C9H11NO3/c1-6(11)7-4-5-10-9(13-3)8(7)12-2/h4-5H,1-3H3. The fourth-order valence-corrected chi connectivity index (χ4v) is 1.05. The number of carbonyl (C=O) groups is 1. The van der Waals surface area contributed by atoms with E-state index in [1.165, 1.54) is 27.3 Å². The molecule has 0 radical (unpaired) electrons. The first-order valence-corrected chi connectivity index (χ1v) is 3.78. The number of carbonyl (C=O) groups excluding carboxylic acids is 1. The number of Topliss-reactive ketones (excluding diaryl/α,β-unsaturated/α-hetero) is 1. The molecule has 0 saturated carbocycles. The van der Waals surface area contributed by atoms with E-state index in [9.17, 15) is 4.79 Å². The van der Waals surface area contributed by atoms with E-state index in [0.717, 1.165) is 0 Å². The van der Waals surface area contributed by atoms with Crippen molar-refractivity contribution < 1.29 is 14.3 Å². The Labute approximate surface area is 76.5 Å². The Hall–Kier alpha value is -1.58. The predicted molar refractivity (Wildman–Crippen MR) is 47.3 cm³/mol. The number of pyridine rings is 1. The van der Waals surface area contributed by atoms with Crippen LogP contribution in [-0.4, -0.2) is 25.0 Å². The van der Waals surface area contributed by atoms with Crippen molar-refractivity contribution in [2.45, 2.75) is 6.92 Å². The van der Waals surface area contributed by atoms with Crippen molar-refractivity contribution in [1.82, 2.24) is 4.98 Å². The number of ketones is 1. The van der Waals surface area contributed by atoms with E-state index in [1.54, 1.807) is 6.07 Å². The van der Waals surface area contributed by atoms with Crippen LogP contribution in [0, 0.1) is 0 Å². The molecule has 1 aromatic rings. The maximum atomic E-state index is 11.1. The summed E-state index contributed by atoms with van der Waals surface area (Å²) in [5.41, 5.74) is 0.481. The van der Waals surface area contributed by atoms with Crippen LogP contribution in [0.2, 0.25) is 0 Å². The van der Waals surface area contributed by atoms with Gasteiger partial charge in [0.25, 0.3) is 5.88 Å². The first-order chi connectivity index (χ1) is 6.20. The number of nitrogens with zero attached hydrogens (tertiary/aromatic N) is 1. The highest BCUT2D eigenvalue weighted by Crippen LogP contribution is 2.28. The number of rotatable bonds is 3. The Balaban J connectivity index is 3.27. The van der Waals surface area contributed by atoms with Gasteiger partial charge in [0.1, 0.15) is 0 Å². The summed E-state index contributed by atoms with van der Waals surface area (Å²) < 4.78 is 9.96. The summed E-state index contributed by atoms with van der Waals surface area (Å²) in [5.74, 6) is 0.644. The maximum Gasteiger partial charge on any atom is 0.257 e. The van der Waals surface area contributed by atoms with Crippen molar-refractivity contribution in [3.8, 4) is 11.6 Å². The van der Waals surface area contributed by atoms with Gasteiger partial charge in [-0.3, -0.25) is 4.79 Å². The largest absolute Gasteiger partial charge is 0.491 e. The summed E-state index contributed by atoms with van der Waals surface area (Å²) in [4.78, 5) is 15.0. The lowest BCUT2D eigenvalue weighted by molar-refractivity contribution is 0.101. The van der Waals surface area contributed by atoms with Crippen molar-refractivity contribution in [2.24, 2.45) is 0 Å². The Morgan fingerprint density at radius 1 is 1.38 bits per heavy atom. The molecular formula is C9H11NO3. The van der Waals surface area contributed by atoms with Gasteiger partial charge in [0.05, 0.1) is 19.8 Å². The second-order valence-corrected chi connectivity index (χ2v) is 2.46. The lowest BCUT2D eigenvalue weighted by atomic mass is 10.2. The molecule has 1 aromatic heterocycles. The molecule has 4 nitrogen and oxygen atoms in total. The van der Waals surface area contributed by atoms with Crippen molar-refractivity contribution in [2.75, 3.05) is 14.2 Å². The molecule has 0 aliphatic carbocycles. The van der Waals surface area contributed by atoms with Gasteiger partial charge in [-0.05, 0) is 13.0 Å². The van der Waals surface area contributed by atoms with Crippen LogP contribution in [0.4, 0.5) is 0 Å². The van der Waals surface area contributed by atoms with Crippen LogP contribution in [0.3, 0.4) is 0 Å². The predicted octanol–water partition coefficient (Wildman–Crippen LogP) is 1.30. The molecular weight excluding hydrogens is 170 g/mol. The second-order valence-electron chi connectivity index (χ2n) is 2.46. The van der Waals surface area contributed by atoms with Crippen LogP contribution in [-0.2, 0) is 0 Å². The average molecular weight is 181 g/mol. The van der Waals surface area contributed by atoms with E-state index in [0.29, 0.717) is 17.2 Å². The highest BCUT2D eigenvalue weighted by atomic mass is 16.5. The van der Waals surface area contributed by atoms with Gasteiger partial charge in [-0.25, -0.2) is 4.98 Å². The summed E-state index contributed by atoms with van der Waals surface area (Å²) in [7, 11) is 2.96. The van der Waals surface area contributed by atoms with Crippen molar-refractivity contribution in [1.29, 1.82) is 0 Å². The quantitative estimate of drug-likeness (QED) is 0.659. The molecule has 0 spiro atoms.